The maximum absolute atomic E-state index is 11.5. The van der Waals surface area contributed by atoms with Gasteiger partial charge >= 0.3 is 5.97 Å². The lowest BCUT2D eigenvalue weighted by Gasteiger charge is -2.03. The largest absolute Gasteiger partial charge is 0.480 e. The number of sulfone groups is 1. The van der Waals surface area contributed by atoms with Gasteiger partial charge < -0.3 is 5.11 Å². The Kier molecular flexibility index (Phi) is 4.34. The van der Waals surface area contributed by atoms with Crippen LogP contribution in [0.3, 0.4) is 0 Å². The van der Waals surface area contributed by atoms with E-state index in [4.69, 9.17) is 5.11 Å². The van der Waals surface area contributed by atoms with Crippen LogP contribution in [0.15, 0.2) is 18.2 Å². The van der Waals surface area contributed by atoms with Crippen LogP contribution >= 0.6 is 0 Å². The molecule has 0 atom stereocenters. The first kappa shape index (κ1) is 15.5. The van der Waals surface area contributed by atoms with Crippen molar-refractivity contribution in [1.82, 2.24) is 0 Å². The number of carbonyl (C=O) groups is 1. The minimum Gasteiger partial charge on any atom is -0.480 e. The minimum atomic E-state index is -4.10. The number of rotatable bonds is 6. The summed E-state index contributed by atoms with van der Waals surface area (Å²) < 4.78 is 22.9. The second-order valence-corrected chi connectivity index (χ2v) is 5.82. The summed E-state index contributed by atoms with van der Waals surface area (Å²) in [5.74, 6) is -3.65. The normalized spacial score (nSPS) is 11.0. The Hall–Kier alpha value is -2.56. The molecule has 11 heteroatoms. The predicted molar refractivity (Wildman–Crippen MR) is 64.9 cm³/mol. The molecule has 0 saturated carbocycles. The van der Waals surface area contributed by atoms with Crippen molar-refractivity contribution in [3.63, 3.8) is 0 Å². The molecule has 0 amide bonds. The van der Waals surface area contributed by atoms with E-state index in [0.29, 0.717) is 6.07 Å². The number of hydrogen-bond acceptors (Lipinski definition) is 7. The predicted octanol–water partition coefficient (Wildman–Crippen LogP) is 0.502. The van der Waals surface area contributed by atoms with E-state index in [2.05, 4.69) is 0 Å². The molecule has 0 heterocycles. The molecule has 0 fully saturated rings. The third kappa shape index (κ3) is 3.98. The molecule has 0 radical (unpaired) electrons. The first-order chi connectivity index (χ1) is 9.12. The van der Waals surface area contributed by atoms with Crippen molar-refractivity contribution in [2.24, 2.45) is 0 Å². The molecule has 1 aromatic rings. The first-order valence-corrected chi connectivity index (χ1v) is 6.78. The van der Waals surface area contributed by atoms with Crippen molar-refractivity contribution in [3.05, 3.63) is 44.0 Å². The molecule has 1 N–H and O–H groups in total. The number of non-ortho nitro benzene ring substituents is 1. The lowest BCUT2D eigenvalue weighted by molar-refractivity contribution is -0.394. The Morgan fingerprint density at radius 1 is 1.20 bits per heavy atom. The van der Waals surface area contributed by atoms with Crippen molar-refractivity contribution in [2.45, 2.75) is 5.75 Å². The Balaban J connectivity index is 3.22. The highest BCUT2D eigenvalue weighted by Gasteiger charge is 2.25. The van der Waals surface area contributed by atoms with Gasteiger partial charge in [0.05, 0.1) is 21.7 Å². The zero-order valence-electron chi connectivity index (χ0n) is 9.75. The molecule has 20 heavy (non-hydrogen) atoms. The Morgan fingerprint density at radius 3 is 2.25 bits per heavy atom. The molecule has 1 aromatic carbocycles. The zero-order valence-corrected chi connectivity index (χ0v) is 10.6. The van der Waals surface area contributed by atoms with Gasteiger partial charge in [0, 0.05) is 11.6 Å². The van der Waals surface area contributed by atoms with E-state index in [-0.39, 0.29) is 5.56 Å². The van der Waals surface area contributed by atoms with Crippen molar-refractivity contribution in [2.75, 3.05) is 5.75 Å². The van der Waals surface area contributed by atoms with Gasteiger partial charge in [-0.1, -0.05) is 0 Å². The van der Waals surface area contributed by atoms with Crippen LogP contribution in [0.4, 0.5) is 11.4 Å². The highest BCUT2D eigenvalue weighted by atomic mass is 32.2. The molecule has 0 unspecified atom stereocenters. The molecule has 0 bridgehead atoms. The second kappa shape index (κ2) is 5.61. The van der Waals surface area contributed by atoms with Crippen LogP contribution in [0.1, 0.15) is 5.56 Å². The smallest absolute Gasteiger partial charge is 0.318 e. The van der Waals surface area contributed by atoms with E-state index in [1.807, 2.05) is 0 Å². The molecule has 0 aromatic heterocycles. The number of nitro groups is 2. The second-order valence-electron chi connectivity index (χ2n) is 3.75. The average molecular weight is 304 g/mol. The molecule has 10 nitrogen and oxygen atoms in total. The monoisotopic (exact) mass is 304 g/mol. The van der Waals surface area contributed by atoms with Gasteiger partial charge in [-0.15, -0.1) is 0 Å². The van der Waals surface area contributed by atoms with Crippen LogP contribution < -0.4 is 0 Å². The van der Waals surface area contributed by atoms with Crippen LogP contribution in [0.2, 0.25) is 0 Å². The van der Waals surface area contributed by atoms with Crippen LogP contribution in [0, 0.1) is 20.2 Å². The zero-order chi connectivity index (χ0) is 15.5. The fraction of sp³-hybridized carbons (Fsp3) is 0.222. The summed E-state index contributed by atoms with van der Waals surface area (Å²) in [6, 6.07) is 2.47. The summed E-state index contributed by atoms with van der Waals surface area (Å²) in [5, 5.41) is 29.7. The molecule has 0 aliphatic heterocycles. The van der Waals surface area contributed by atoms with Gasteiger partial charge in [-0.25, -0.2) is 8.42 Å². The third-order valence-corrected chi connectivity index (χ3v) is 3.63. The maximum atomic E-state index is 11.5. The summed E-state index contributed by atoms with van der Waals surface area (Å²) in [6.07, 6.45) is 0. The number of benzene rings is 1. The van der Waals surface area contributed by atoms with Gasteiger partial charge in [-0.2, -0.15) is 0 Å². The summed E-state index contributed by atoms with van der Waals surface area (Å²) in [5.41, 5.74) is -1.61. The van der Waals surface area contributed by atoms with E-state index >= 15 is 0 Å². The fourth-order valence-corrected chi connectivity index (χ4v) is 2.63. The first-order valence-electron chi connectivity index (χ1n) is 4.96. The number of nitro benzene ring substituents is 2. The van der Waals surface area contributed by atoms with Gasteiger partial charge in [0.1, 0.15) is 5.75 Å². The van der Waals surface area contributed by atoms with E-state index in [1.54, 1.807) is 0 Å². The van der Waals surface area contributed by atoms with Crippen molar-refractivity contribution in [3.8, 4) is 0 Å². The standard InChI is InChI=1S/C9H8N2O8S/c12-9(13)5-20(18,19)4-6-1-2-7(10(14)15)3-8(6)11(16)17/h1-3H,4-5H2,(H,12,13). The highest BCUT2D eigenvalue weighted by molar-refractivity contribution is 7.91. The van der Waals surface area contributed by atoms with Crippen LogP contribution in [-0.2, 0) is 20.4 Å². The molecule has 0 aliphatic rings. The molecule has 0 saturated heterocycles. The number of carboxylic acids is 1. The third-order valence-electron chi connectivity index (χ3n) is 2.20. The van der Waals surface area contributed by atoms with Gasteiger partial charge in [-0.05, 0) is 6.07 Å². The van der Waals surface area contributed by atoms with Gasteiger partial charge in [0.2, 0.25) is 0 Å². The Morgan fingerprint density at radius 2 is 1.80 bits per heavy atom. The summed E-state index contributed by atoms with van der Waals surface area (Å²) in [7, 11) is -4.10. The Labute approximate surface area is 111 Å². The van der Waals surface area contributed by atoms with Crippen LogP contribution in [0.25, 0.3) is 0 Å². The maximum Gasteiger partial charge on any atom is 0.318 e. The quantitative estimate of drug-likeness (QED) is 0.587. The summed E-state index contributed by atoms with van der Waals surface area (Å²) >= 11 is 0. The lowest BCUT2D eigenvalue weighted by atomic mass is 10.2. The van der Waals surface area contributed by atoms with Crippen molar-refractivity contribution >= 4 is 27.2 Å². The van der Waals surface area contributed by atoms with Crippen molar-refractivity contribution in [1.29, 1.82) is 0 Å². The number of nitrogens with zero attached hydrogens (tertiary/aromatic N) is 2. The number of aliphatic carboxylic acids is 1. The van der Waals surface area contributed by atoms with Crippen molar-refractivity contribution < 1.29 is 28.2 Å². The average Bonchev–Trinajstić information content (AvgIpc) is 2.26. The highest BCUT2D eigenvalue weighted by Crippen LogP contribution is 2.26. The summed E-state index contributed by atoms with van der Waals surface area (Å²) in [4.78, 5) is 29.8. The minimum absolute atomic E-state index is 0.304. The van der Waals surface area contributed by atoms with E-state index in [0.717, 1.165) is 12.1 Å². The molecule has 108 valence electrons. The molecule has 1 rings (SSSR count). The molecular weight excluding hydrogens is 296 g/mol. The van der Waals surface area contributed by atoms with Gasteiger partial charge in [0.25, 0.3) is 11.4 Å². The van der Waals surface area contributed by atoms with Gasteiger partial charge in [0.15, 0.2) is 9.84 Å². The van der Waals surface area contributed by atoms with Crippen LogP contribution in [0.5, 0.6) is 0 Å². The number of hydrogen-bond donors (Lipinski definition) is 1. The topological polar surface area (TPSA) is 158 Å². The van der Waals surface area contributed by atoms with E-state index in [9.17, 15) is 33.4 Å². The lowest BCUT2D eigenvalue weighted by Crippen LogP contribution is -2.17. The molecule has 0 spiro atoms. The fourth-order valence-electron chi connectivity index (χ4n) is 1.43. The molecular formula is C9H8N2O8S. The number of carboxylic acid groups (broad SMARTS) is 1. The van der Waals surface area contributed by atoms with Gasteiger partial charge in [-0.3, -0.25) is 25.0 Å². The van der Waals surface area contributed by atoms with Crippen LogP contribution in [-0.4, -0.2) is 35.1 Å². The molecule has 0 aliphatic carbocycles. The van der Waals surface area contributed by atoms with E-state index < -0.39 is 48.5 Å². The SMILES string of the molecule is O=C(O)CS(=O)(=O)Cc1ccc([N+](=O)[O-])cc1[N+](=O)[O-]. The Bertz CT molecular complexity index is 681. The summed E-state index contributed by atoms with van der Waals surface area (Å²) in [6.45, 7) is 0. The van der Waals surface area contributed by atoms with E-state index in [1.165, 1.54) is 0 Å².